The van der Waals surface area contributed by atoms with Gasteiger partial charge in [-0.25, -0.2) is 0 Å². The fraction of sp³-hybridized carbons (Fsp3) is 1.00. The highest BCUT2D eigenvalue weighted by Crippen LogP contribution is 2.05. The normalized spacial score (nSPS) is 15.3. The Balaban J connectivity index is 4.28. The Bertz CT molecular complexity index is 234. The van der Waals surface area contributed by atoms with Crippen LogP contribution in [0.3, 0.4) is 0 Å². The molecule has 0 radical (unpaired) electrons. The first kappa shape index (κ1) is 12.9. The van der Waals surface area contributed by atoms with Crippen molar-refractivity contribution in [1.29, 1.82) is 0 Å². The van der Waals surface area contributed by atoms with Crippen LogP contribution in [0.4, 0.5) is 0 Å². The van der Waals surface area contributed by atoms with Crippen molar-refractivity contribution in [2.45, 2.75) is 39.8 Å². The van der Waals surface area contributed by atoms with E-state index >= 15 is 0 Å². The average molecular weight is 209 g/mol. The van der Waals surface area contributed by atoms with Gasteiger partial charge in [0.25, 0.3) is 10.1 Å². The van der Waals surface area contributed by atoms with E-state index in [-0.39, 0.29) is 23.8 Å². The molecule has 80 valence electrons. The fourth-order valence-electron chi connectivity index (χ4n) is 1.09. The van der Waals surface area contributed by atoms with Gasteiger partial charge in [-0.1, -0.05) is 27.7 Å². The van der Waals surface area contributed by atoms with Crippen molar-refractivity contribution in [3.63, 3.8) is 0 Å². The van der Waals surface area contributed by atoms with Gasteiger partial charge >= 0.3 is 0 Å². The zero-order chi connectivity index (χ0) is 10.6. The predicted molar refractivity (Wildman–Crippen MR) is 53.3 cm³/mol. The maximum Gasteiger partial charge on any atom is 0.266 e. The summed E-state index contributed by atoms with van der Waals surface area (Å²) in [6.07, 6.45) is 0. The monoisotopic (exact) mass is 209 g/mol. The molecule has 0 aromatic heterocycles. The topological polar surface area (TPSA) is 66.4 Å². The summed E-state index contributed by atoms with van der Waals surface area (Å²) in [6.45, 7) is 7.73. The van der Waals surface area contributed by atoms with E-state index in [0.717, 1.165) is 0 Å². The van der Waals surface area contributed by atoms with Gasteiger partial charge < -0.3 is 5.32 Å². The Morgan fingerprint density at radius 3 is 1.92 bits per heavy atom. The minimum atomic E-state index is -3.88. The summed E-state index contributed by atoms with van der Waals surface area (Å²) < 4.78 is 30.0. The van der Waals surface area contributed by atoms with Crippen LogP contribution in [0, 0.1) is 5.92 Å². The largest absolute Gasteiger partial charge is 0.310 e. The van der Waals surface area contributed by atoms with E-state index in [4.69, 9.17) is 4.55 Å². The second kappa shape index (κ2) is 4.93. The zero-order valence-electron chi connectivity index (χ0n) is 8.61. The number of hydrogen-bond donors (Lipinski definition) is 2. The van der Waals surface area contributed by atoms with Gasteiger partial charge in [-0.2, -0.15) is 8.42 Å². The zero-order valence-corrected chi connectivity index (χ0v) is 9.43. The molecule has 0 amide bonds. The van der Waals surface area contributed by atoms with Crippen LogP contribution in [-0.4, -0.2) is 30.8 Å². The molecule has 2 N–H and O–H groups in total. The van der Waals surface area contributed by atoms with Crippen LogP contribution in [0.25, 0.3) is 0 Å². The van der Waals surface area contributed by atoms with Gasteiger partial charge in [-0.15, -0.1) is 0 Å². The molecular formula is C8H19NO3S. The quantitative estimate of drug-likeness (QED) is 0.660. The van der Waals surface area contributed by atoms with Crippen LogP contribution >= 0.6 is 0 Å². The van der Waals surface area contributed by atoms with Crippen LogP contribution in [0.2, 0.25) is 0 Å². The predicted octanol–water partition coefficient (Wildman–Crippen LogP) is 0.897. The standard InChI is InChI=1S/C8H19NO3S/c1-6(2)8(9-7(3)4)5-13(10,11)12/h6-9H,5H2,1-4H3,(H,10,11,12)/t8-/m0/s1. The summed E-state index contributed by atoms with van der Waals surface area (Å²) in [5, 5.41) is 3.10. The molecular weight excluding hydrogens is 190 g/mol. The molecule has 0 aliphatic heterocycles. The smallest absolute Gasteiger partial charge is 0.266 e. The molecule has 0 aromatic rings. The summed E-state index contributed by atoms with van der Waals surface area (Å²) >= 11 is 0. The Morgan fingerprint density at radius 1 is 1.23 bits per heavy atom. The number of nitrogens with one attached hydrogen (secondary N) is 1. The molecule has 5 heteroatoms. The van der Waals surface area contributed by atoms with Gasteiger partial charge in [0.05, 0.1) is 5.75 Å². The molecule has 1 atom stereocenters. The van der Waals surface area contributed by atoms with Crippen LogP contribution in [0.15, 0.2) is 0 Å². The van der Waals surface area contributed by atoms with Crippen LogP contribution in [-0.2, 0) is 10.1 Å². The molecule has 0 rings (SSSR count). The Morgan fingerprint density at radius 2 is 1.69 bits per heavy atom. The molecule has 0 unspecified atom stereocenters. The van der Waals surface area contributed by atoms with E-state index in [1.807, 2.05) is 27.7 Å². The first-order valence-corrected chi connectivity index (χ1v) is 6.04. The maximum absolute atomic E-state index is 10.6. The van der Waals surface area contributed by atoms with Crippen molar-refractivity contribution in [2.75, 3.05) is 5.75 Å². The molecule has 4 nitrogen and oxygen atoms in total. The molecule has 0 aliphatic carbocycles. The second-order valence-electron chi connectivity index (χ2n) is 3.92. The lowest BCUT2D eigenvalue weighted by Gasteiger charge is -2.23. The highest BCUT2D eigenvalue weighted by Gasteiger charge is 2.20. The fourth-order valence-corrected chi connectivity index (χ4v) is 2.02. The Hall–Kier alpha value is -0.130. The van der Waals surface area contributed by atoms with Gasteiger partial charge in [0.1, 0.15) is 0 Å². The lowest BCUT2D eigenvalue weighted by Crippen LogP contribution is -2.43. The van der Waals surface area contributed by atoms with Crippen molar-refractivity contribution in [1.82, 2.24) is 5.32 Å². The Kier molecular flexibility index (Phi) is 4.88. The summed E-state index contributed by atoms with van der Waals surface area (Å²) in [5.41, 5.74) is 0. The first-order chi connectivity index (χ1) is 5.72. The van der Waals surface area contributed by atoms with E-state index in [1.165, 1.54) is 0 Å². The van der Waals surface area contributed by atoms with Gasteiger partial charge in [0, 0.05) is 12.1 Å². The average Bonchev–Trinajstić information content (AvgIpc) is 1.81. The lowest BCUT2D eigenvalue weighted by atomic mass is 10.1. The third-order valence-corrected chi connectivity index (χ3v) is 2.52. The molecule has 0 fully saturated rings. The van der Waals surface area contributed by atoms with E-state index in [1.54, 1.807) is 0 Å². The summed E-state index contributed by atoms with van der Waals surface area (Å²) in [7, 11) is -3.88. The van der Waals surface area contributed by atoms with E-state index < -0.39 is 10.1 Å². The highest BCUT2D eigenvalue weighted by molar-refractivity contribution is 7.85. The third kappa shape index (κ3) is 6.98. The van der Waals surface area contributed by atoms with Crippen molar-refractivity contribution in [3.05, 3.63) is 0 Å². The van der Waals surface area contributed by atoms with E-state index in [2.05, 4.69) is 5.32 Å². The molecule has 0 bridgehead atoms. The minimum absolute atomic E-state index is 0.185. The van der Waals surface area contributed by atoms with Crippen molar-refractivity contribution < 1.29 is 13.0 Å². The minimum Gasteiger partial charge on any atom is -0.310 e. The van der Waals surface area contributed by atoms with Gasteiger partial charge in [0.2, 0.25) is 0 Å². The van der Waals surface area contributed by atoms with E-state index in [0.29, 0.717) is 0 Å². The molecule has 0 saturated heterocycles. The van der Waals surface area contributed by atoms with Gasteiger partial charge in [-0.05, 0) is 5.92 Å². The summed E-state index contributed by atoms with van der Waals surface area (Å²) in [5.74, 6) is -0.0348. The van der Waals surface area contributed by atoms with Crippen LogP contribution in [0.5, 0.6) is 0 Å². The first-order valence-electron chi connectivity index (χ1n) is 4.43. The summed E-state index contributed by atoms with van der Waals surface area (Å²) in [6, 6.07) is 0.0316. The molecule has 13 heavy (non-hydrogen) atoms. The number of rotatable bonds is 5. The molecule has 0 heterocycles. The van der Waals surface area contributed by atoms with E-state index in [9.17, 15) is 8.42 Å². The maximum atomic E-state index is 10.6. The van der Waals surface area contributed by atoms with Crippen molar-refractivity contribution >= 4 is 10.1 Å². The SMILES string of the molecule is CC(C)N[C@@H](CS(=O)(=O)O)C(C)C. The van der Waals surface area contributed by atoms with Crippen molar-refractivity contribution in [2.24, 2.45) is 5.92 Å². The van der Waals surface area contributed by atoms with Crippen LogP contribution in [0.1, 0.15) is 27.7 Å². The summed E-state index contributed by atoms with van der Waals surface area (Å²) in [4.78, 5) is 0. The second-order valence-corrected chi connectivity index (χ2v) is 5.42. The molecule has 0 saturated carbocycles. The highest BCUT2D eigenvalue weighted by atomic mass is 32.2. The molecule has 0 aromatic carbocycles. The van der Waals surface area contributed by atoms with Crippen LogP contribution < -0.4 is 5.32 Å². The lowest BCUT2D eigenvalue weighted by molar-refractivity contribution is 0.383. The third-order valence-electron chi connectivity index (χ3n) is 1.74. The van der Waals surface area contributed by atoms with Crippen molar-refractivity contribution in [3.8, 4) is 0 Å². The van der Waals surface area contributed by atoms with Gasteiger partial charge in [-0.3, -0.25) is 4.55 Å². The van der Waals surface area contributed by atoms with Gasteiger partial charge in [0.15, 0.2) is 0 Å². The number of hydrogen-bond acceptors (Lipinski definition) is 3. The molecule has 0 aliphatic rings. The Labute approximate surface area is 80.5 Å². The molecule has 0 spiro atoms.